The molecule has 2 heterocycles. The third kappa shape index (κ3) is 5.07. The van der Waals surface area contributed by atoms with E-state index in [1.807, 2.05) is 30.3 Å². The summed E-state index contributed by atoms with van der Waals surface area (Å²) < 4.78 is 32.5. The average Bonchev–Trinajstić information content (AvgIpc) is 2.78. The lowest BCUT2D eigenvalue weighted by Crippen LogP contribution is -2.46. The number of nitrogens with zero attached hydrogens (tertiary/aromatic N) is 3. The maximum Gasteiger partial charge on any atom is 0.270 e. The first-order chi connectivity index (χ1) is 15.0. The maximum atomic E-state index is 13.8. The standard InChI is InChI=1S/C23H23F2N3O3/c24-17-6-8-21(19(25)14-17)31-18-10-12-27(13-11-18)23(30)20-7-9-22(29)28(26-20)15-16-4-2-1-3-5-16/h1-6,8,14,18H,7,9-13,15H2. The highest BCUT2D eigenvalue weighted by Crippen LogP contribution is 2.23. The van der Waals surface area contributed by atoms with Crippen LogP contribution in [0.25, 0.3) is 0 Å². The first-order valence-corrected chi connectivity index (χ1v) is 10.3. The molecule has 0 aliphatic carbocycles. The van der Waals surface area contributed by atoms with E-state index in [2.05, 4.69) is 5.10 Å². The van der Waals surface area contributed by atoms with E-state index in [0.29, 0.717) is 44.6 Å². The smallest absolute Gasteiger partial charge is 0.270 e. The van der Waals surface area contributed by atoms with Gasteiger partial charge in [0, 0.05) is 44.8 Å². The minimum absolute atomic E-state index is 0.0119. The fraction of sp³-hybridized carbons (Fsp3) is 0.348. The SMILES string of the molecule is O=C(C1=NN(Cc2ccccc2)C(=O)CC1)N1CCC(Oc2ccc(F)cc2F)CC1. The number of carbonyl (C=O) groups excluding carboxylic acids is 2. The van der Waals surface area contributed by atoms with Crippen molar-refractivity contribution in [2.75, 3.05) is 13.1 Å². The highest BCUT2D eigenvalue weighted by molar-refractivity contribution is 6.39. The van der Waals surface area contributed by atoms with Crippen molar-refractivity contribution in [1.82, 2.24) is 9.91 Å². The number of hydrogen-bond donors (Lipinski definition) is 0. The van der Waals surface area contributed by atoms with Crippen LogP contribution in [0, 0.1) is 11.6 Å². The second-order valence-electron chi connectivity index (χ2n) is 7.67. The van der Waals surface area contributed by atoms with Crippen molar-refractivity contribution in [1.29, 1.82) is 0 Å². The summed E-state index contributed by atoms with van der Waals surface area (Å²) in [5.41, 5.74) is 1.32. The zero-order chi connectivity index (χ0) is 21.8. The van der Waals surface area contributed by atoms with Crippen molar-refractivity contribution in [3.63, 3.8) is 0 Å². The number of amides is 2. The molecule has 0 N–H and O–H groups in total. The Morgan fingerprint density at radius 2 is 1.81 bits per heavy atom. The minimum atomic E-state index is -0.738. The predicted octanol–water partition coefficient (Wildman–Crippen LogP) is 3.51. The lowest BCUT2D eigenvalue weighted by molar-refractivity contribution is -0.132. The summed E-state index contributed by atoms with van der Waals surface area (Å²) in [4.78, 5) is 26.9. The van der Waals surface area contributed by atoms with Gasteiger partial charge in [-0.1, -0.05) is 30.3 Å². The van der Waals surface area contributed by atoms with Crippen LogP contribution in [0.15, 0.2) is 53.6 Å². The molecule has 2 amide bonds. The molecule has 2 aliphatic rings. The first-order valence-electron chi connectivity index (χ1n) is 10.3. The topological polar surface area (TPSA) is 62.2 Å². The van der Waals surface area contributed by atoms with Gasteiger partial charge in [0.15, 0.2) is 11.6 Å². The van der Waals surface area contributed by atoms with Crippen molar-refractivity contribution in [2.24, 2.45) is 5.10 Å². The first kappa shape index (κ1) is 21.0. The second kappa shape index (κ2) is 9.24. The summed E-state index contributed by atoms with van der Waals surface area (Å²) in [5.74, 6) is -1.67. The quantitative estimate of drug-likeness (QED) is 0.734. The molecule has 6 nitrogen and oxygen atoms in total. The van der Waals surface area contributed by atoms with E-state index in [1.165, 1.54) is 11.1 Å². The Bertz CT molecular complexity index is 989. The van der Waals surface area contributed by atoms with Crippen LogP contribution >= 0.6 is 0 Å². The number of halogens is 2. The summed E-state index contributed by atoms with van der Waals surface area (Å²) in [6.07, 6.45) is 1.37. The van der Waals surface area contributed by atoms with E-state index >= 15 is 0 Å². The van der Waals surface area contributed by atoms with Gasteiger partial charge < -0.3 is 9.64 Å². The molecule has 0 bridgehead atoms. The van der Waals surface area contributed by atoms with Crippen LogP contribution in [0.1, 0.15) is 31.2 Å². The van der Waals surface area contributed by atoms with Crippen molar-refractivity contribution >= 4 is 17.5 Å². The van der Waals surface area contributed by atoms with E-state index in [4.69, 9.17) is 4.74 Å². The Morgan fingerprint density at radius 1 is 1.06 bits per heavy atom. The van der Waals surface area contributed by atoms with Crippen LogP contribution < -0.4 is 4.74 Å². The molecule has 0 unspecified atom stereocenters. The summed E-state index contributed by atoms with van der Waals surface area (Å²) in [6, 6.07) is 12.7. The molecular weight excluding hydrogens is 404 g/mol. The average molecular weight is 427 g/mol. The highest BCUT2D eigenvalue weighted by Gasteiger charge is 2.30. The highest BCUT2D eigenvalue weighted by atomic mass is 19.1. The Kier molecular flexibility index (Phi) is 6.25. The Morgan fingerprint density at radius 3 is 2.52 bits per heavy atom. The Labute approximate surface area is 179 Å². The van der Waals surface area contributed by atoms with E-state index in [1.54, 1.807) is 4.90 Å². The molecule has 1 fully saturated rings. The normalized spacial score (nSPS) is 17.5. The van der Waals surface area contributed by atoms with Crippen LogP contribution in [0.2, 0.25) is 0 Å². The molecule has 0 atom stereocenters. The number of benzene rings is 2. The number of rotatable bonds is 5. The van der Waals surface area contributed by atoms with Crippen LogP contribution in [-0.2, 0) is 16.1 Å². The number of ether oxygens (including phenoxy) is 1. The number of hydrogen-bond acceptors (Lipinski definition) is 4. The van der Waals surface area contributed by atoms with Crippen LogP contribution in [0.3, 0.4) is 0 Å². The van der Waals surface area contributed by atoms with Gasteiger partial charge in [0.1, 0.15) is 17.6 Å². The van der Waals surface area contributed by atoms with Gasteiger partial charge in [0.25, 0.3) is 5.91 Å². The number of carbonyl (C=O) groups is 2. The molecule has 4 rings (SSSR count). The van der Waals surface area contributed by atoms with E-state index in [0.717, 1.165) is 17.7 Å². The van der Waals surface area contributed by atoms with Crippen LogP contribution in [-0.4, -0.2) is 46.6 Å². The fourth-order valence-electron chi connectivity index (χ4n) is 3.75. The monoisotopic (exact) mass is 427 g/mol. The van der Waals surface area contributed by atoms with E-state index < -0.39 is 11.6 Å². The number of likely N-dealkylation sites (tertiary alicyclic amines) is 1. The molecule has 2 aromatic carbocycles. The zero-order valence-electron chi connectivity index (χ0n) is 17.0. The number of piperidine rings is 1. The molecule has 162 valence electrons. The molecular formula is C23H23F2N3O3. The van der Waals surface area contributed by atoms with Gasteiger partial charge >= 0.3 is 0 Å². The third-order valence-electron chi connectivity index (χ3n) is 5.44. The summed E-state index contributed by atoms with van der Waals surface area (Å²) in [6.45, 7) is 1.21. The zero-order valence-corrected chi connectivity index (χ0v) is 17.0. The molecule has 2 aliphatic heterocycles. The lowest BCUT2D eigenvalue weighted by atomic mass is 10.1. The van der Waals surface area contributed by atoms with E-state index in [-0.39, 0.29) is 30.1 Å². The van der Waals surface area contributed by atoms with Crippen molar-refractivity contribution in [2.45, 2.75) is 38.3 Å². The van der Waals surface area contributed by atoms with Gasteiger partial charge in [-0.3, -0.25) is 9.59 Å². The second-order valence-corrected chi connectivity index (χ2v) is 7.67. The van der Waals surface area contributed by atoms with Crippen molar-refractivity contribution in [3.05, 3.63) is 65.7 Å². The van der Waals surface area contributed by atoms with Gasteiger partial charge in [0.2, 0.25) is 5.91 Å². The van der Waals surface area contributed by atoms with Crippen LogP contribution in [0.5, 0.6) is 5.75 Å². The van der Waals surface area contributed by atoms with Crippen molar-refractivity contribution < 1.29 is 23.1 Å². The Balaban J connectivity index is 1.35. The van der Waals surface area contributed by atoms with Gasteiger partial charge in [-0.25, -0.2) is 13.8 Å². The minimum Gasteiger partial charge on any atom is -0.487 e. The molecule has 0 aromatic heterocycles. The molecule has 0 saturated carbocycles. The maximum absolute atomic E-state index is 13.8. The molecule has 0 radical (unpaired) electrons. The van der Waals surface area contributed by atoms with Crippen molar-refractivity contribution in [3.8, 4) is 5.75 Å². The summed E-state index contributed by atoms with van der Waals surface area (Å²) in [7, 11) is 0. The van der Waals surface area contributed by atoms with Gasteiger partial charge in [0.05, 0.1) is 6.54 Å². The number of hydrazone groups is 1. The summed E-state index contributed by atoms with van der Waals surface area (Å²) >= 11 is 0. The fourth-order valence-corrected chi connectivity index (χ4v) is 3.75. The van der Waals surface area contributed by atoms with Gasteiger partial charge in [-0.05, 0) is 17.7 Å². The van der Waals surface area contributed by atoms with Gasteiger partial charge in [-0.15, -0.1) is 0 Å². The van der Waals surface area contributed by atoms with Gasteiger partial charge in [-0.2, -0.15) is 5.10 Å². The van der Waals surface area contributed by atoms with E-state index in [9.17, 15) is 18.4 Å². The molecule has 0 spiro atoms. The summed E-state index contributed by atoms with van der Waals surface area (Å²) in [5, 5.41) is 5.69. The lowest BCUT2D eigenvalue weighted by Gasteiger charge is -2.33. The molecule has 1 saturated heterocycles. The largest absolute Gasteiger partial charge is 0.487 e. The van der Waals surface area contributed by atoms with Crippen LogP contribution in [0.4, 0.5) is 8.78 Å². The predicted molar refractivity (Wildman–Crippen MR) is 110 cm³/mol. The molecule has 31 heavy (non-hydrogen) atoms. The molecule has 2 aromatic rings. The Hall–Kier alpha value is -3.29. The molecule has 8 heteroatoms. The third-order valence-corrected chi connectivity index (χ3v) is 5.44.